The van der Waals surface area contributed by atoms with Crippen LogP contribution >= 0.6 is 0 Å². The zero-order valence-electron chi connectivity index (χ0n) is 15.9. The Kier molecular flexibility index (Phi) is 5.81. The van der Waals surface area contributed by atoms with E-state index in [-0.39, 0.29) is 5.91 Å². The molecule has 1 heterocycles. The van der Waals surface area contributed by atoms with E-state index in [1.165, 1.54) is 17.3 Å². The van der Waals surface area contributed by atoms with Crippen molar-refractivity contribution in [1.82, 2.24) is 15.3 Å². The standard InChI is InChI=1S/C22H24N4O/c1-15(2)18-8-10-19(11-9-18)26-21-14-23-20(13-24-21)22(27)25-12-17-6-4-16(3)5-7-17/h4-11,13-15H,12H2,1-3H3,(H,24,26)(H,25,27). The maximum atomic E-state index is 12.2. The Morgan fingerprint density at radius 2 is 1.67 bits per heavy atom. The molecule has 0 spiro atoms. The summed E-state index contributed by atoms with van der Waals surface area (Å²) in [5.74, 6) is 0.856. The molecular weight excluding hydrogens is 336 g/mol. The summed E-state index contributed by atoms with van der Waals surface area (Å²) in [5.41, 5.74) is 4.75. The van der Waals surface area contributed by atoms with E-state index in [0.717, 1.165) is 11.3 Å². The summed E-state index contributed by atoms with van der Waals surface area (Å²) in [4.78, 5) is 20.7. The summed E-state index contributed by atoms with van der Waals surface area (Å²) in [6.45, 7) is 6.82. The largest absolute Gasteiger partial charge is 0.347 e. The number of hydrogen-bond donors (Lipinski definition) is 2. The van der Waals surface area contributed by atoms with Crippen molar-refractivity contribution >= 4 is 17.4 Å². The molecule has 0 fully saturated rings. The third kappa shape index (κ3) is 5.14. The number of nitrogens with one attached hydrogen (secondary N) is 2. The fourth-order valence-corrected chi connectivity index (χ4v) is 2.59. The van der Waals surface area contributed by atoms with Crippen LogP contribution in [0.1, 0.15) is 46.9 Å². The average Bonchev–Trinajstić information content (AvgIpc) is 2.68. The molecule has 0 atom stereocenters. The van der Waals surface area contributed by atoms with Crippen molar-refractivity contribution in [3.63, 3.8) is 0 Å². The van der Waals surface area contributed by atoms with Gasteiger partial charge in [-0.15, -0.1) is 0 Å². The normalized spacial score (nSPS) is 10.7. The molecule has 1 amide bonds. The molecule has 0 saturated heterocycles. The second-order valence-corrected chi connectivity index (χ2v) is 6.86. The van der Waals surface area contributed by atoms with Gasteiger partial charge in [-0.3, -0.25) is 4.79 Å². The van der Waals surface area contributed by atoms with E-state index in [0.29, 0.717) is 24.0 Å². The third-order valence-corrected chi connectivity index (χ3v) is 4.31. The molecule has 1 aromatic heterocycles. The lowest BCUT2D eigenvalue weighted by molar-refractivity contribution is 0.0945. The minimum Gasteiger partial charge on any atom is -0.347 e. The van der Waals surface area contributed by atoms with Crippen LogP contribution in [-0.4, -0.2) is 15.9 Å². The van der Waals surface area contributed by atoms with E-state index in [1.807, 2.05) is 43.3 Å². The number of amides is 1. The Balaban J connectivity index is 1.57. The number of nitrogens with zero attached hydrogens (tertiary/aromatic N) is 2. The lowest BCUT2D eigenvalue weighted by Gasteiger charge is -2.09. The van der Waals surface area contributed by atoms with E-state index in [4.69, 9.17) is 0 Å². The van der Waals surface area contributed by atoms with Crippen molar-refractivity contribution in [2.75, 3.05) is 5.32 Å². The molecule has 0 aliphatic carbocycles. The number of hydrogen-bond acceptors (Lipinski definition) is 4. The van der Waals surface area contributed by atoms with E-state index in [1.54, 1.807) is 6.20 Å². The second-order valence-electron chi connectivity index (χ2n) is 6.86. The minimum absolute atomic E-state index is 0.240. The highest BCUT2D eigenvalue weighted by atomic mass is 16.1. The Bertz CT molecular complexity index is 885. The van der Waals surface area contributed by atoms with Crippen molar-refractivity contribution in [3.05, 3.63) is 83.3 Å². The number of benzene rings is 2. The number of anilines is 2. The zero-order chi connectivity index (χ0) is 19.2. The first-order chi connectivity index (χ1) is 13.0. The second kappa shape index (κ2) is 8.45. The lowest BCUT2D eigenvalue weighted by Crippen LogP contribution is -2.24. The van der Waals surface area contributed by atoms with Crippen LogP contribution in [0.4, 0.5) is 11.5 Å². The fraction of sp³-hybridized carbons (Fsp3) is 0.227. The molecule has 0 aliphatic rings. The minimum atomic E-state index is -0.240. The molecule has 2 N–H and O–H groups in total. The summed E-state index contributed by atoms with van der Waals surface area (Å²) >= 11 is 0. The van der Waals surface area contributed by atoms with E-state index in [2.05, 4.69) is 46.6 Å². The van der Waals surface area contributed by atoms with Crippen molar-refractivity contribution in [2.24, 2.45) is 0 Å². The smallest absolute Gasteiger partial charge is 0.271 e. The van der Waals surface area contributed by atoms with Gasteiger partial charge < -0.3 is 10.6 Å². The predicted octanol–water partition coefficient (Wildman–Crippen LogP) is 4.58. The van der Waals surface area contributed by atoms with Crippen LogP contribution in [0.2, 0.25) is 0 Å². The number of carbonyl (C=O) groups is 1. The van der Waals surface area contributed by atoms with Crippen LogP contribution in [0, 0.1) is 6.92 Å². The monoisotopic (exact) mass is 360 g/mol. The summed E-state index contributed by atoms with van der Waals surface area (Å²) < 4.78 is 0. The Morgan fingerprint density at radius 3 is 2.26 bits per heavy atom. The van der Waals surface area contributed by atoms with Crippen molar-refractivity contribution in [2.45, 2.75) is 33.2 Å². The van der Waals surface area contributed by atoms with Gasteiger partial charge in [0.25, 0.3) is 5.91 Å². The fourth-order valence-electron chi connectivity index (χ4n) is 2.59. The van der Waals surface area contributed by atoms with Gasteiger partial charge in [-0.25, -0.2) is 9.97 Å². The first-order valence-electron chi connectivity index (χ1n) is 9.04. The van der Waals surface area contributed by atoms with Gasteiger partial charge in [0.2, 0.25) is 0 Å². The molecular formula is C22H24N4O. The van der Waals surface area contributed by atoms with Gasteiger partial charge in [0.05, 0.1) is 12.4 Å². The van der Waals surface area contributed by atoms with E-state index in [9.17, 15) is 4.79 Å². The van der Waals surface area contributed by atoms with Crippen LogP contribution in [0.5, 0.6) is 0 Å². The summed E-state index contributed by atoms with van der Waals surface area (Å²) in [5, 5.41) is 6.05. The van der Waals surface area contributed by atoms with Crippen molar-refractivity contribution in [3.8, 4) is 0 Å². The van der Waals surface area contributed by atoms with Gasteiger partial charge in [0.15, 0.2) is 0 Å². The maximum absolute atomic E-state index is 12.2. The first-order valence-corrected chi connectivity index (χ1v) is 9.04. The maximum Gasteiger partial charge on any atom is 0.271 e. The van der Waals surface area contributed by atoms with Crippen LogP contribution in [0.25, 0.3) is 0 Å². The third-order valence-electron chi connectivity index (χ3n) is 4.31. The van der Waals surface area contributed by atoms with Gasteiger partial charge in [-0.05, 0) is 36.1 Å². The zero-order valence-corrected chi connectivity index (χ0v) is 15.9. The predicted molar refractivity (Wildman–Crippen MR) is 108 cm³/mol. The number of carbonyl (C=O) groups excluding carboxylic acids is 1. The van der Waals surface area contributed by atoms with Gasteiger partial charge in [-0.1, -0.05) is 55.8 Å². The molecule has 5 nitrogen and oxygen atoms in total. The molecule has 3 aromatic rings. The molecule has 0 aliphatic heterocycles. The van der Waals surface area contributed by atoms with E-state index >= 15 is 0 Å². The quantitative estimate of drug-likeness (QED) is 0.675. The van der Waals surface area contributed by atoms with Crippen LogP contribution in [0.3, 0.4) is 0 Å². The summed E-state index contributed by atoms with van der Waals surface area (Å²) in [7, 11) is 0. The van der Waals surface area contributed by atoms with Crippen LogP contribution in [-0.2, 0) is 6.54 Å². The number of aromatic nitrogens is 2. The van der Waals surface area contributed by atoms with E-state index < -0.39 is 0 Å². The van der Waals surface area contributed by atoms with Crippen LogP contribution < -0.4 is 10.6 Å². The molecule has 0 saturated carbocycles. The van der Waals surface area contributed by atoms with Gasteiger partial charge in [0.1, 0.15) is 11.5 Å². The number of aryl methyl sites for hydroxylation is 1. The highest BCUT2D eigenvalue weighted by molar-refractivity contribution is 5.92. The molecule has 27 heavy (non-hydrogen) atoms. The van der Waals surface area contributed by atoms with Gasteiger partial charge in [-0.2, -0.15) is 0 Å². The molecule has 0 bridgehead atoms. The lowest BCUT2D eigenvalue weighted by atomic mass is 10.0. The Morgan fingerprint density at radius 1 is 0.963 bits per heavy atom. The summed E-state index contributed by atoms with van der Waals surface area (Å²) in [6, 6.07) is 16.3. The molecule has 138 valence electrons. The number of rotatable bonds is 6. The highest BCUT2D eigenvalue weighted by Crippen LogP contribution is 2.19. The Hall–Kier alpha value is -3.21. The molecule has 5 heteroatoms. The molecule has 0 unspecified atom stereocenters. The molecule has 3 rings (SSSR count). The van der Waals surface area contributed by atoms with Crippen molar-refractivity contribution in [1.29, 1.82) is 0 Å². The molecule has 2 aromatic carbocycles. The Labute approximate surface area is 159 Å². The van der Waals surface area contributed by atoms with Crippen LogP contribution in [0.15, 0.2) is 60.9 Å². The highest BCUT2D eigenvalue weighted by Gasteiger charge is 2.08. The van der Waals surface area contributed by atoms with Gasteiger partial charge >= 0.3 is 0 Å². The van der Waals surface area contributed by atoms with Gasteiger partial charge in [0, 0.05) is 12.2 Å². The summed E-state index contributed by atoms with van der Waals surface area (Å²) in [6.07, 6.45) is 3.05. The first kappa shape index (κ1) is 18.6. The molecule has 0 radical (unpaired) electrons. The van der Waals surface area contributed by atoms with Crippen molar-refractivity contribution < 1.29 is 4.79 Å². The SMILES string of the molecule is Cc1ccc(CNC(=O)c2cnc(Nc3ccc(C(C)C)cc3)cn2)cc1. The topological polar surface area (TPSA) is 66.9 Å². The average molecular weight is 360 g/mol.